The van der Waals surface area contributed by atoms with E-state index in [0.29, 0.717) is 12.1 Å². The Labute approximate surface area is 130 Å². The zero-order chi connectivity index (χ0) is 15.8. The molecule has 0 radical (unpaired) electrons. The van der Waals surface area contributed by atoms with Gasteiger partial charge in [-0.1, -0.05) is 26.7 Å². The van der Waals surface area contributed by atoms with Crippen LogP contribution in [0.3, 0.4) is 0 Å². The Morgan fingerprint density at radius 1 is 1.41 bits per heavy atom. The van der Waals surface area contributed by atoms with Gasteiger partial charge in [0.05, 0.1) is 11.2 Å². The summed E-state index contributed by atoms with van der Waals surface area (Å²) in [5, 5.41) is 13.7. The first kappa shape index (κ1) is 15.0. The maximum absolute atomic E-state index is 12.3. The van der Waals surface area contributed by atoms with Gasteiger partial charge in [0.2, 0.25) is 0 Å². The zero-order valence-corrected chi connectivity index (χ0v) is 13.2. The molecule has 1 aliphatic rings. The normalized spacial score (nSPS) is 17.8. The fourth-order valence-corrected chi connectivity index (χ4v) is 3.26. The molecule has 1 fully saturated rings. The molecular formula is C17H23N3O2. The van der Waals surface area contributed by atoms with E-state index in [2.05, 4.69) is 10.3 Å². The van der Waals surface area contributed by atoms with Crippen LogP contribution in [0.2, 0.25) is 0 Å². The summed E-state index contributed by atoms with van der Waals surface area (Å²) in [5.41, 5.74) is 0.407. The van der Waals surface area contributed by atoms with Gasteiger partial charge in [-0.05, 0) is 25.0 Å². The summed E-state index contributed by atoms with van der Waals surface area (Å²) < 4.78 is 1.82. The van der Waals surface area contributed by atoms with Gasteiger partial charge in [0.25, 0.3) is 5.91 Å². The lowest BCUT2D eigenvalue weighted by Crippen LogP contribution is -2.49. The SMILES string of the molecule is CC(C)(CNC(=O)c1ccc2nccn2c1)C1(O)CCCC1. The molecule has 2 heterocycles. The second-order valence-electron chi connectivity index (χ2n) is 6.92. The van der Waals surface area contributed by atoms with E-state index in [1.54, 1.807) is 18.5 Å². The van der Waals surface area contributed by atoms with Crippen molar-refractivity contribution < 1.29 is 9.90 Å². The Kier molecular flexibility index (Phi) is 3.68. The summed E-state index contributed by atoms with van der Waals surface area (Å²) in [5.74, 6) is -0.120. The first-order valence-corrected chi connectivity index (χ1v) is 7.85. The van der Waals surface area contributed by atoms with E-state index in [1.807, 2.05) is 30.5 Å². The van der Waals surface area contributed by atoms with E-state index in [1.165, 1.54) is 0 Å². The van der Waals surface area contributed by atoms with Gasteiger partial charge in [0.1, 0.15) is 5.65 Å². The molecule has 2 aromatic rings. The number of pyridine rings is 1. The molecule has 0 spiro atoms. The van der Waals surface area contributed by atoms with Crippen LogP contribution in [0.25, 0.3) is 5.65 Å². The van der Waals surface area contributed by atoms with Crippen LogP contribution >= 0.6 is 0 Å². The highest BCUT2D eigenvalue weighted by molar-refractivity contribution is 5.94. The summed E-state index contributed by atoms with van der Waals surface area (Å²) >= 11 is 0. The molecule has 0 aromatic carbocycles. The minimum absolute atomic E-state index is 0.120. The van der Waals surface area contributed by atoms with Crippen LogP contribution in [0.5, 0.6) is 0 Å². The molecule has 0 aliphatic heterocycles. The predicted octanol–water partition coefficient (Wildman–Crippen LogP) is 2.40. The minimum Gasteiger partial charge on any atom is -0.389 e. The summed E-state index contributed by atoms with van der Waals surface area (Å²) in [6, 6.07) is 3.60. The number of carbonyl (C=O) groups is 1. The Hall–Kier alpha value is -1.88. The van der Waals surface area contributed by atoms with Crippen molar-refractivity contribution in [2.75, 3.05) is 6.54 Å². The number of rotatable bonds is 4. The van der Waals surface area contributed by atoms with E-state index < -0.39 is 5.60 Å². The zero-order valence-electron chi connectivity index (χ0n) is 13.2. The summed E-state index contributed by atoms with van der Waals surface area (Å²) in [6.45, 7) is 4.51. The topological polar surface area (TPSA) is 66.6 Å². The van der Waals surface area contributed by atoms with Crippen LogP contribution in [-0.4, -0.2) is 32.5 Å². The standard InChI is InChI=1S/C17H23N3O2/c1-16(2,17(22)7-3-4-8-17)12-19-15(21)13-5-6-14-18-9-10-20(14)11-13/h5-6,9-11,22H,3-4,7-8,12H2,1-2H3,(H,19,21). The Morgan fingerprint density at radius 3 is 2.86 bits per heavy atom. The minimum atomic E-state index is -0.672. The maximum Gasteiger partial charge on any atom is 0.252 e. The Bertz CT molecular complexity index is 684. The van der Waals surface area contributed by atoms with Gasteiger partial charge >= 0.3 is 0 Å². The lowest BCUT2D eigenvalue weighted by atomic mass is 9.73. The average Bonchev–Trinajstić information content (AvgIpc) is 3.13. The van der Waals surface area contributed by atoms with E-state index in [-0.39, 0.29) is 11.3 Å². The molecule has 1 aliphatic carbocycles. The lowest BCUT2D eigenvalue weighted by molar-refractivity contribution is -0.0590. The number of aromatic nitrogens is 2. The first-order chi connectivity index (χ1) is 10.4. The Balaban J connectivity index is 1.68. The third-order valence-electron chi connectivity index (χ3n) is 5.03. The number of aliphatic hydroxyl groups is 1. The second-order valence-corrected chi connectivity index (χ2v) is 6.92. The van der Waals surface area contributed by atoms with E-state index in [0.717, 1.165) is 31.3 Å². The first-order valence-electron chi connectivity index (χ1n) is 7.85. The monoisotopic (exact) mass is 301 g/mol. The molecular weight excluding hydrogens is 278 g/mol. The van der Waals surface area contributed by atoms with Gasteiger partial charge in [0, 0.05) is 30.6 Å². The molecule has 0 atom stereocenters. The van der Waals surface area contributed by atoms with Crippen LogP contribution in [0, 0.1) is 5.41 Å². The molecule has 1 saturated carbocycles. The molecule has 3 rings (SSSR count). The summed E-state index contributed by atoms with van der Waals surface area (Å²) in [6.07, 6.45) is 9.05. The second kappa shape index (κ2) is 5.39. The van der Waals surface area contributed by atoms with Crippen LogP contribution in [0.4, 0.5) is 0 Å². The number of fused-ring (bicyclic) bond motifs is 1. The number of imidazole rings is 1. The van der Waals surface area contributed by atoms with Gasteiger partial charge < -0.3 is 14.8 Å². The largest absolute Gasteiger partial charge is 0.389 e. The van der Waals surface area contributed by atoms with Gasteiger partial charge in [0.15, 0.2) is 0 Å². The molecule has 5 nitrogen and oxygen atoms in total. The van der Waals surface area contributed by atoms with Gasteiger partial charge in [-0.25, -0.2) is 4.98 Å². The third-order valence-corrected chi connectivity index (χ3v) is 5.03. The number of hydrogen-bond acceptors (Lipinski definition) is 3. The van der Waals surface area contributed by atoms with Gasteiger partial charge in [-0.15, -0.1) is 0 Å². The Morgan fingerprint density at radius 2 is 2.14 bits per heavy atom. The number of carbonyl (C=O) groups excluding carboxylic acids is 1. The fraction of sp³-hybridized carbons (Fsp3) is 0.529. The molecule has 118 valence electrons. The number of amides is 1. The number of nitrogens with zero attached hydrogens (tertiary/aromatic N) is 2. The summed E-state index contributed by atoms with van der Waals surface area (Å²) in [7, 11) is 0. The molecule has 2 N–H and O–H groups in total. The highest BCUT2D eigenvalue weighted by Gasteiger charge is 2.45. The maximum atomic E-state index is 12.3. The van der Waals surface area contributed by atoms with Crippen molar-refractivity contribution in [3.8, 4) is 0 Å². The number of hydrogen-bond donors (Lipinski definition) is 2. The van der Waals surface area contributed by atoms with Crippen LogP contribution < -0.4 is 5.32 Å². The molecule has 22 heavy (non-hydrogen) atoms. The molecule has 1 amide bonds. The smallest absolute Gasteiger partial charge is 0.252 e. The van der Waals surface area contributed by atoms with Crippen molar-refractivity contribution in [2.45, 2.75) is 45.1 Å². The van der Waals surface area contributed by atoms with Crippen LogP contribution in [0.1, 0.15) is 49.9 Å². The van der Waals surface area contributed by atoms with E-state index in [4.69, 9.17) is 0 Å². The quantitative estimate of drug-likeness (QED) is 0.911. The molecule has 0 bridgehead atoms. The van der Waals surface area contributed by atoms with Gasteiger partial charge in [-0.3, -0.25) is 4.79 Å². The van der Waals surface area contributed by atoms with Gasteiger partial charge in [-0.2, -0.15) is 0 Å². The van der Waals surface area contributed by atoms with Crippen molar-refractivity contribution in [2.24, 2.45) is 5.41 Å². The van der Waals surface area contributed by atoms with Crippen molar-refractivity contribution in [3.63, 3.8) is 0 Å². The van der Waals surface area contributed by atoms with E-state index in [9.17, 15) is 9.90 Å². The molecule has 5 heteroatoms. The van der Waals surface area contributed by atoms with Crippen molar-refractivity contribution in [3.05, 3.63) is 36.3 Å². The van der Waals surface area contributed by atoms with Crippen LogP contribution in [0.15, 0.2) is 30.7 Å². The third kappa shape index (κ3) is 2.61. The fourth-order valence-electron chi connectivity index (χ4n) is 3.26. The van der Waals surface area contributed by atoms with Crippen LogP contribution in [-0.2, 0) is 0 Å². The van der Waals surface area contributed by atoms with E-state index >= 15 is 0 Å². The average molecular weight is 301 g/mol. The number of nitrogens with one attached hydrogen (secondary N) is 1. The van der Waals surface area contributed by atoms with Crippen molar-refractivity contribution in [1.29, 1.82) is 0 Å². The van der Waals surface area contributed by atoms with Crippen molar-refractivity contribution >= 4 is 11.6 Å². The van der Waals surface area contributed by atoms with Crippen molar-refractivity contribution in [1.82, 2.24) is 14.7 Å². The molecule has 0 unspecified atom stereocenters. The predicted molar refractivity (Wildman–Crippen MR) is 84.7 cm³/mol. The molecule has 2 aromatic heterocycles. The lowest BCUT2D eigenvalue weighted by Gasteiger charge is -2.40. The molecule has 0 saturated heterocycles. The highest BCUT2D eigenvalue weighted by Crippen LogP contribution is 2.43. The summed E-state index contributed by atoms with van der Waals surface area (Å²) in [4.78, 5) is 16.5. The highest BCUT2D eigenvalue weighted by atomic mass is 16.3.